The molecular formula is C10H12F7NO. The zero-order valence-corrected chi connectivity index (χ0v) is 9.74. The lowest BCUT2D eigenvalue weighted by Crippen LogP contribution is -2.66. The van der Waals surface area contributed by atoms with Crippen LogP contribution in [-0.4, -0.2) is 41.9 Å². The molecular weight excluding hydrogens is 283 g/mol. The van der Waals surface area contributed by atoms with E-state index in [1.165, 1.54) is 0 Å². The Kier molecular flexibility index (Phi) is 4.48. The third-order valence-electron chi connectivity index (χ3n) is 3.08. The van der Waals surface area contributed by atoms with Crippen LogP contribution >= 0.6 is 0 Å². The molecule has 1 atom stereocenters. The minimum Gasteiger partial charge on any atom is -0.257 e. The van der Waals surface area contributed by atoms with Gasteiger partial charge in [-0.25, -0.2) is 9.29 Å². The van der Waals surface area contributed by atoms with E-state index in [2.05, 4.69) is 0 Å². The molecule has 1 fully saturated rings. The maximum Gasteiger partial charge on any atom is 0.440 e. The van der Waals surface area contributed by atoms with Gasteiger partial charge in [0.25, 0.3) is 0 Å². The van der Waals surface area contributed by atoms with Gasteiger partial charge < -0.3 is 0 Å². The molecule has 0 N–H and O–H groups in total. The fraction of sp³-hybridized carbons (Fsp3) is 0.900. The highest BCUT2D eigenvalue weighted by atomic mass is 19.4. The van der Waals surface area contributed by atoms with E-state index in [0.29, 0.717) is 12.8 Å². The first-order valence-corrected chi connectivity index (χ1v) is 5.63. The monoisotopic (exact) mass is 295 g/mol. The van der Waals surface area contributed by atoms with Crippen molar-refractivity contribution in [2.45, 2.75) is 43.6 Å². The molecule has 9 heteroatoms. The van der Waals surface area contributed by atoms with E-state index < -0.39 is 37.0 Å². The lowest BCUT2D eigenvalue weighted by atomic mass is 10.0. The maximum atomic E-state index is 13.7. The molecule has 2 nitrogen and oxygen atoms in total. The summed E-state index contributed by atoms with van der Waals surface area (Å²) in [6.45, 7) is -1.05. The molecule has 1 saturated heterocycles. The van der Waals surface area contributed by atoms with Crippen molar-refractivity contribution in [3.05, 3.63) is 0 Å². The van der Waals surface area contributed by atoms with Crippen LogP contribution in [0.15, 0.2) is 0 Å². The number of likely N-dealkylation sites (tertiary alicyclic amines) is 1. The molecule has 1 heterocycles. The van der Waals surface area contributed by atoms with Crippen LogP contribution in [0, 0.1) is 0 Å². The summed E-state index contributed by atoms with van der Waals surface area (Å²) in [6.07, 6.45) is -5.06. The van der Waals surface area contributed by atoms with Crippen LogP contribution in [0.2, 0.25) is 0 Å². The highest BCUT2D eigenvalue weighted by molar-refractivity contribution is 5.80. The second kappa shape index (κ2) is 5.26. The Bertz CT molecular complexity index is 335. The second-order valence-corrected chi connectivity index (χ2v) is 4.37. The molecule has 0 bridgehead atoms. The highest BCUT2D eigenvalue weighted by Gasteiger charge is 2.78. The molecule has 0 radical (unpaired) electrons. The van der Waals surface area contributed by atoms with E-state index in [1.54, 1.807) is 0 Å². The van der Waals surface area contributed by atoms with Crippen molar-refractivity contribution in [1.82, 2.24) is 4.90 Å². The fourth-order valence-corrected chi connectivity index (χ4v) is 1.97. The van der Waals surface area contributed by atoms with Crippen LogP contribution in [0.3, 0.4) is 0 Å². The van der Waals surface area contributed by atoms with Gasteiger partial charge in [-0.3, -0.25) is 4.79 Å². The molecule has 0 aromatic rings. The number of hydrogen-bond acceptors (Lipinski definition) is 2. The van der Waals surface area contributed by atoms with Crippen molar-refractivity contribution in [3.63, 3.8) is 0 Å². The van der Waals surface area contributed by atoms with Gasteiger partial charge in [-0.05, 0) is 12.8 Å². The third kappa shape index (κ3) is 2.70. The van der Waals surface area contributed by atoms with Crippen molar-refractivity contribution in [2.75, 3.05) is 13.1 Å². The Hall–Kier alpha value is -0.860. The number of carbonyl (C=O) groups is 1. The fourth-order valence-electron chi connectivity index (χ4n) is 1.97. The number of rotatable bonds is 3. The van der Waals surface area contributed by atoms with E-state index >= 15 is 0 Å². The summed E-state index contributed by atoms with van der Waals surface area (Å²) in [5, 5.41) is 0. The van der Waals surface area contributed by atoms with E-state index in [4.69, 9.17) is 0 Å². The first-order valence-electron chi connectivity index (χ1n) is 5.63. The van der Waals surface area contributed by atoms with Crippen LogP contribution < -0.4 is 0 Å². The van der Waals surface area contributed by atoms with Crippen molar-refractivity contribution in [1.29, 1.82) is 0 Å². The van der Waals surface area contributed by atoms with E-state index in [9.17, 15) is 35.5 Å². The van der Waals surface area contributed by atoms with Gasteiger partial charge in [-0.15, -0.1) is 0 Å². The van der Waals surface area contributed by atoms with E-state index in [1.807, 2.05) is 0 Å². The molecule has 1 aliphatic heterocycles. The summed E-state index contributed by atoms with van der Waals surface area (Å²) in [6, 6.07) is -8.99. The topological polar surface area (TPSA) is 20.3 Å². The molecule has 1 unspecified atom stereocenters. The van der Waals surface area contributed by atoms with Crippen molar-refractivity contribution in [3.8, 4) is 0 Å². The van der Waals surface area contributed by atoms with E-state index in [-0.39, 0.29) is 17.7 Å². The number of halogens is 7. The van der Waals surface area contributed by atoms with Crippen LogP contribution in [0.5, 0.6) is 0 Å². The lowest BCUT2D eigenvalue weighted by Gasteiger charge is -2.38. The predicted molar refractivity (Wildman–Crippen MR) is 51.0 cm³/mol. The lowest BCUT2D eigenvalue weighted by molar-refractivity contribution is -0.329. The number of carbonyl (C=O) groups excluding carboxylic acids is 1. The van der Waals surface area contributed by atoms with Gasteiger partial charge in [-0.1, -0.05) is 12.8 Å². The van der Waals surface area contributed by atoms with Gasteiger partial charge in [0.1, 0.15) is 0 Å². The summed E-state index contributed by atoms with van der Waals surface area (Å²) in [5.74, 6) is 0. The average molecular weight is 295 g/mol. The van der Waals surface area contributed by atoms with Crippen molar-refractivity contribution >= 4 is 6.04 Å². The largest absolute Gasteiger partial charge is 0.440 e. The Morgan fingerprint density at radius 3 is 1.58 bits per heavy atom. The molecule has 112 valence electrons. The molecule has 0 spiro atoms. The Labute approximate surface area is 104 Å². The number of hydrogen-bond donors (Lipinski definition) is 0. The molecule has 19 heavy (non-hydrogen) atoms. The summed E-state index contributed by atoms with van der Waals surface area (Å²) in [7, 11) is 0. The first-order chi connectivity index (χ1) is 8.55. The normalized spacial score (nSPS) is 22.7. The standard InChI is InChI=1S/C10H12F7NO/c11-7(19)8(12,9(13,14)15)10(16,17)18-5-3-1-2-4-6-18/h1-6H2. The molecule has 0 aliphatic carbocycles. The zero-order chi connectivity index (χ0) is 14.9. The predicted octanol–water partition coefficient (Wildman–Crippen LogP) is 3.22. The van der Waals surface area contributed by atoms with E-state index in [0.717, 1.165) is 0 Å². The third-order valence-corrected chi connectivity index (χ3v) is 3.08. The highest BCUT2D eigenvalue weighted by Crippen LogP contribution is 2.48. The SMILES string of the molecule is O=C(F)C(F)(C(F)(F)F)C(F)(F)N1CCCCCC1. The van der Waals surface area contributed by atoms with Crippen LogP contribution in [-0.2, 0) is 4.79 Å². The van der Waals surface area contributed by atoms with Gasteiger partial charge in [-0.2, -0.15) is 26.3 Å². The minimum absolute atomic E-state index is 0.106. The number of alkyl halides is 6. The minimum atomic E-state index is -6.32. The summed E-state index contributed by atoms with van der Waals surface area (Å²) in [4.78, 5) is 10.1. The molecule has 0 aromatic carbocycles. The Morgan fingerprint density at radius 1 is 0.842 bits per heavy atom. The average Bonchev–Trinajstić information content (AvgIpc) is 2.54. The molecule has 1 aliphatic rings. The van der Waals surface area contributed by atoms with Crippen LogP contribution in [0.25, 0.3) is 0 Å². The van der Waals surface area contributed by atoms with Gasteiger partial charge in [0.05, 0.1) is 0 Å². The Balaban J connectivity index is 3.15. The zero-order valence-electron chi connectivity index (χ0n) is 9.74. The van der Waals surface area contributed by atoms with Crippen molar-refractivity contribution in [2.24, 2.45) is 0 Å². The smallest absolute Gasteiger partial charge is 0.257 e. The number of nitrogens with zero attached hydrogens (tertiary/aromatic N) is 1. The molecule has 0 aromatic heterocycles. The summed E-state index contributed by atoms with van der Waals surface area (Å²) in [5.41, 5.74) is -5.83. The van der Waals surface area contributed by atoms with Gasteiger partial charge in [0, 0.05) is 13.1 Å². The Morgan fingerprint density at radius 2 is 1.26 bits per heavy atom. The molecule has 1 rings (SSSR count). The first kappa shape index (κ1) is 16.2. The quantitative estimate of drug-likeness (QED) is 0.452. The van der Waals surface area contributed by atoms with Gasteiger partial charge in [0.2, 0.25) is 0 Å². The summed E-state index contributed by atoms with van der Waals surface area (Å²) >= 11 is 0. The van der Waals surface area contributed by atoms with Crippen molar-refractivity contribution < 1.29 is 35.5 Å². The van der Waals surface area contributed by atoms with Crippen LogP contribution in [0.1, 0.15) is 25.7 Å². The van der Waals surface area contributed by atoms with Gasteiger partial charge >= 0.3 is 23.9 Å². The van der Waals surface area contributed by atoms with Gasteiger partial charge in [0.15, 0.2) is 0 Å². The molecule has 0 saturated carbocycles. The second-order valence-electron chi connectivity index (χ2n) is 4.37. The summed E-state index contributed by atoms with van der Waals surface area (Å²) < 4.78 is 90.2. The molecule has 0 amide bonds. The maximum absolute atomic E-state index is 13.7. The van der Waals surface area contributed by atoms with Crippen LogP contribution in [0.4, 0.5) is 30.7 Å².